The average molecular weight is 417 g/mol. The standard InChI is InChI=1S/C25H21ClN2O2/c1-15-8-9-16(2)18(12-15)13-28-14-21(23(29)19-6-4-5-7-22(19)26)24(30)20-11-10-17(3)27-25(20)28/h4-12,14H,13H2,1-3H3. The number of benzene rings is 2. The number of carbonyl (C=O) groups excluding carboxylic acids is 1. The number of ketones is 1. The summed E-state index contributed by atoms with van der Waals surface area (Å²) in [6.45, 7) is 6.48. The first-order chi connectivity index (χ1) is 14.3. The summed E-state index contributed by atoms with van der Waals surface area (Å²) in [4.78, 5) is 31.0. The third-order valence-corrected chi connectivity index (χ3v) is 5.60. The van der Waals surface area contributed by atoms with Gasteiger partial charge in [0.15, 0.2) is 5.78 Å². The largest absolute Gasteiger partial charge is 0.327 e. The molecule has 4 rings (SSSR count). The summed E-state index contributed by atoms with van der Waals surface area (Å²) < 4.78 is 1.88. The van der Waals surface area contributed by atoms with Crippen molar-refractivity contribution >= 4 is 28.4 Å². The van der Waals surface area contributed by atoms with E-state index < -0.39 is 0 Å². The SMILES string of the molecule is Cc1ccc(C)c(Cn2cc(C(=O)c3ccccc3Cl)c(=O)c3ccc(C)nc32)c1. The first kappa shape index (κ1) is 20.0. The molecule has 0 atom stereocenters. The Morgan fingerprint density at radius 3 is 2.53 bits per heavy atom. The molecular formula is C25H21ClN2O2. The van der Waals surface area contributed by atoms with Crippen molar-refractivity contribution in [2.24, 2.45) is 0 Å². The summed E-state index contributed by atoms with van der Waals surface area (Å²) >= 11 is 6.23. The lowest BCUT2D eigenvalue weighted by Crippen LogP contribution is -2.21. The number of aromatic nitrogens is 2. The topological polar surface area (TPSA) is 52.0 Å². The molecular weight excluding hydrogens is 396 g/mol. The number of aryl methyl sites for hydroxylation is 3. The monoisotopic (exact) mass is 416 g/mol. The molecule has 30 heavy (non-hydrogen) atoms. The summed E-state index contributed by atoms with van der Waals surface area (Å²) in [5.74, 6) is -0.386. The molecule has 2 aromatic carbocycles. The molecule has 0 saturated heterocycles. The fourth-order valence-corrected chi connectivity index (χ4v) is 3.81. The van der Waals surface area contributed by atoms with Crippen molar-refractivity contribution in [3.8, 4) is 0 Å². The third kappa shape index (κ3) is 3.66. The van der Waals surface area contributed by atoms with Gasteiger partial charge in [-0.05, 0) is 56.2 Å². The highest BCUT2D eigenvalue weighted by molar-refractivity contribution is 6.35. The van der Waals surface area contributed by atoms with E-state index in [9.17, 15) is 9.59 Å². The molecule has 0 N–H and O–H groups in total. The minimum absolute atomic E-state index is 0.0894. The first-order valence-corrected chi connectivity index (χ1v) is 10.1. The van der Waals surface area contributed by atoms with Gasteiger partial charge in [0.05, 0.1) is 16.0 Å². The van der Waals surface area contributed by atoms with Crippen LogP contribution in [-0.2, 0) is 6.54 Å². The molecule has 4 aromatic rings. The molecule has 0 unspecified atom stereocenters. The fourth-order valence-electron chi connectivity index (χ4n) is 3.59. The van der Waals surface area contributed by atoms with E-state index in [0.29, 0.717) is 28.2 Å². The lowest BCUT2D eigenvalue weighted by molar-refractivity contribution is 0.103. The summed E-state index contributed by atoms with van der Waals surface area (Å²) in [6, 6.07) is 16.6. The molecule has 150 valence electrons. The van der Waals surface area contributed by atoms with E-state index >= 15 is 0 Å². The molecule has 0 radical (unpaired) electrons. The van der Waals surface area contributed by atoms with Crippen LogP contribution in [0.5, 0.6) is 0 Å². The van der Waals surface area contributed by atoms with Gasteiger partial charge in [-0.1, -0.05) is 47.5 Å². The van der Waals surface area contributed by atoms with Gasteiger partial charge >= 0.3 is 0 Å². The minimum Gasteiger partial charge on any atom is -0.327 e. The van der Waals surface area contributed by atoms with Crippen LogP contribution in [0.2, 0.25) is 5.02 Å². The van der Waals surface area contributed by atoms with Crippen molar-refractivity contribution in [1.29, 1.82) is 0 Å². The van der Waals surface area contributed by atoms with E-state index in [1.54, 1.807) is 42.6 Å². The lowest BCUT2D eigenvalue weighted by Gasteiger charge is -2.15. The second kappa shape index (κ2) is 7.88. The van der Waals surface area contributed by atoms with Crippen LogP contribution in [0.15, 0.2) is 65.6 Å². The Morgan fingerprint density at radius 1 is 1.00 bits per heavy atom. The van der Waals surface area contributed by atoms with Gasteiger partial charge in [0, 0.05) is 24.0 Å². The highest BCUT2D eigenvalue weighted by atomic mass is 35.5. The van der Waals surface area contributed by atoms with E-state index in [4.69, 9.17) is 11.6 Å². The molecule has 0 bridgehead atoms. The molecule has 0 fully saturated rings. The van der Waals surface area contributed by atoms with Crippen LogP contribution in [0.3, 0.4) is 0 Å². The van der Waals surface area contributed by atoms with Crippen LogP contribution in [0.4, 0.5) is 0 Å². The molecule has 2 heterocycles. The first-order valence-electron chi connectivity index (χ1n) is 9.71. The normalized spacial score (nSPS) is 11.1. The highest BCUT2D eigenvalue weighted by Gasteiger charge is 2.20. The number of halogens is 1. The molecule has 2 aromatic heterocycles. The Hall–Kier alpha value is -3.24. The molecule has 0 aliphatic heterocycles. The van der Waals surface area contributed by atoms with Gasteiger partial charge in [-0.15, -0.1) is 0 Å². The summed E-state index contributed by atoms with van der Waals surface area (Å²) in [5, 5.41) is 0.744. The van der Waals surface area contributed by atoms with Crippen molar-refractivity contribution < 1.29 is 4.79 Å². The molecule has 0 aliphatic rings. The molecule has 4 nitrogen and oxygen atoms in total. The van der Waals surface area contributed by atoms with Gasteiger partial charge in [0.2, 0.25) is 5.43 Å². The second-order valence-corrected chi connectivity index (χ2v) is 7.97. The van der Waals surface area contributed by atoms with Gasteiger partial charge in [-0.3, -0.25) is 9.59 Å². The van der Waals surface area contributed by atoms with Crippen LogP contribution in [0.1, 0.15) is 38.3 Å². The van der Waals surface area contributed by atoms with Crippen molar-refractivity contribution in [3.63, 3.8) is 0 Å². The van der Waals surface area contributed by atoms with Crippen LogP contribution in [0, 0.1) is 20.8 Å². The Balaban J connectivity index is 1.95. The van der Waals surface area contributed by atoms with Crippen molar-refractivity contribution in [2.45, 2.75) is 27.3 Å². The molecule has 0 amide bonds. The molecule has 5 heteroatoms. The predicted molar refractivity (Wildman–Crippen MR) is 121 cm³/mol. The number of nitrogens with zero attached hydrogens (tertiary/aromatic N) is 2. The minimum atomic E-state index is -0.386. The fraction of sp³-hybridized carbons (Fsp3) is 0.160. The maximum absolute atomic E-state index is 13.2. The van der Waals surface area contributed by atoms with Gasteiger partial charge in [0.25, 0.3) is 0 Å². The Kier molecular flexibility index (Phi) is 5.27. The number of hydrogen-bond acceptors (Lipinski definition) is 3. The third-order valence-electron chi connectivity index (χ3n) is 5.27. The van der Waals surface area contributed by atoms with E-state index in [0.717, 1.165) is 22.4 Å². The van der Waals surface area contributed by atoms with E-state index in [-0.39, 0.29) is 16.8 Å². The van der Waals surface area contributed by atoms with Gasteiger partial charge in [-0.2, -0.15) is 0 Å². The second-order valence-electron chi connectivity index (χ2n) is 7.56. The number of pyridine rings is 2. The van der Waals surface area contributed by atoms with E-state index in [2.05, 4.69) is 23.2 Å². The Labute approximate surface area is 179 Å². The van der Waals surface area contributed by atoms with Crippen molar-refractivity contribution in [3.05, 3.63) is 110 Å². The van der Waals surface area contributed by atoms with E-state index in [1.807, 2.05) is 25.3 Å². The zero-order valence-electron chi connectivity index (χ0n) is 17.1. The summed E-state index contributed by atoms with van der Waals surface area (Å²) in [6.07, 6.45) is 1.62. The lowest BCUT2D eigenvalue weighted by atomic mass is 10.0. The van der Waals surface area contributed by atoms with Gasteiger partial charge in [-0.25, -0.2) is 4.98 Å². The molecule has 0 aliphatic carbocycles. The zero-order valence-corrected chi connectivity index (χ0v) is 17.8. The predicted octanol–water partition coefficient (Wildman–Crippen LogP) is 5.25. The van der Waals surface area contributed by atoms with Crippen LogP contribution >= 0.6 is 11.6 Å². The van der Waals surface area contributed by atoms with Gasteiger partial charge in [0.1, 0.15) is 5.65 Å². The zero-order chi connectivity index (χ0) is 21.4. The number of hydrogen-bond donors (Lipinski definition) is 0. The van der Waals surface area contributed by atoms with Crippen molar-refractivity contribution in [2.75, 3.05) is 0 Å². The van der Waals surface area contributed by atoms with Crippen molar-refractivity contribution in [1.82, 2.24) is 9.55 Å². The number of fused-ring (bicyclic) bond motifs is 1. The number of rotatable bonds is 4. The summed E-state index contributed by atoms with van der Waals surface area (Å²) in [5.41, 5.74) is 4.84. The smallest absolute Gasteiger partial charge is 0.202 e. The maximum Gasteiger partial charge on any atom is 0.202 e. The van der Waals surface area contributed by atoms with Gasteiger partial charge < -0.3 is 4.57 Å². The molecule has 0 saturated carbocycles. The Bertz CT molecular complexity index is 1360. The molecule has 0 spiro atoms. The van der Waals surface area contributed by atoms with Crippen LogP contribution in [0.25, 0.3) is 11.0 Å². The average Bonchev–Trinajstić information content (AvgIpc) is 2.72. The van der Waals surface area contributed by atoms with Crippen LogP contribution < -0.4 is 5.43 Å². The highest BCUT2D eigenvalue weighted by Crippen LogP contribution is 2.21. The Morgan fingerprint density at radius 2 is 1.77 bits per heavy atom. The van der Waals surface area contributed by atoms with Crippen LogP contribution in [-0.4, -0.2) is 15.3 Å². The van der Waals surface area contributed by atoms with E-state index in [1.165, 1.54) is 0 Å². The summed E-state index contributed by atoms with van der Waals surface area (Å²) in [7, 11) is 0. The number of carbonyl (C=O) groups is 1. The maximum atomic E-state index is 13.2. The quantitative estimate of drug-likeness (QED) is 0.427.